The van der Waals surface area contributed by atoms with E-state index in [1.165, 1.54) is 0 Å². The van der Waals surface area contributed by atoms with E-state index in [0.29, 0.717) is 12.2 Å². The molecule has 0 aromatic heterocycles. The molecule has 1 aromatic rings. The SMILES string of the molecule is CCc1cccc(C(=O)O)c1COC. The third-order valence-corrected chi connectivity index (χ3v) is 2.17. The van der Waals surface area contributed by atoms with Gasteiger partial charge in [0.1, 0.15) is 0 Å². The van der Waals surface area contributed by atoms with E-state index < -0.39 is 5.97 Å². The Hall–Kier alpha value is -1.35. The molecule has 0 fully saturated rings. The number of hydrogen-bond donors (Lipinski definition) is 1. The molecule has 14 heavy (non-hydrogen) atoms. The lowest BCUT2D eigenvalue weighted by Crippen LogP contribution is -2.06. The molecule has 0 saturated carbocycles. The van der Waals surface area contributed by atoms with Crippen LogP contribution in [0.5, 0.6) is 0 Å². The average molecular weight is 194 g/mol. The van der Waals surface area contributed by atoms with E-state index in [1.807, 2.05) is 13.0 Å². The van der Waals surface area contributed by atoms with Crippen molar-refractivity contribution in [3.63, 3.8) is 0 Å². The summed E-state index contributed by atoms with van der Waals surface area (Å²) < 4.78 is 5.00. The lowest BCUT2D eigenvalue weighted by molar-refractivity contribution is 0.0691. The van der Waals surface area contributed by atoms with E-state index in [4.69, 9.17) is 9.84 Å². The van der Waals surface area contributed by atoms with Crippen LogP contribution in [0.25, 0.3) is 0 Å². The van der Waals surface area contributed by atoms with Crippen LogP contribution < -0.4 is 0 Å². The third-order valence-electron chi connectivity index (χ3n) is 2.17. The lowest BCUT2D eigenvalue weighted by Gasteiger charge is -2.09. The second kappa shape index (κ2) is 4.77. The smallest absolute Gasteiger partial charge is 0.336 e. The molecule has 0 atom stereocenters. The number of rotatable bonds is 4. The van der Waals surface area contributed by atoms with Crippen molar-refractivity contribution in [2.24, 2.45) is 0 Å². The van der Waals surface area contributed by atoms with Gasteiger partial charge in [0.05, 0.1) is 12.2 Å². The van der Waals surface area contributed by atoms with E-state index in [2.05, 4.69) is 0 Å². The maximum Gasteiger partial charge on any atom is 0.336 e. The van der Waals surface area contributed by atoms with Gasteiger partial charge in [0.25, 0.3) is 0 Å². The Balaban J connectivity index is 3.20. The predicted octanol–water partition coefficient (Wildman–Crippen LogP) is 2.09. The Bertz CT molecular complexity index is 331. The van der Waals surface area contributed by atoms with E-state index >= 15 is 0 Å². The molecule has 0 bridgehead atoms. The number of ether oxygens (including phenoxy) is 1. The highest BCUT2D eigenvalue weighted by molar-refractivity contribution is 5.89. The van der Waals surface area contributed by atoms with Gasteiger partial charge in [-0.2, -0.15) is 0 Å². The molecule has 0 spiro atoms. The highest BCUT2D eigenvalue weighted by Gasteiger charge is 2.12. The highest BCUT2D eigenvalue weighted by Crippen LogP contribution is 2.16. The molecule has 76 valence electrons. The molecular formula is C11H14O3. The van der Waals surface area contributed by atoms with Crippen molar-refractivity contribution in [3.8, 4) is 0 Å². The van der Waals surface area contributed by atoms with Crippen LogP contribution in [0.1, 0.15) is 28.4 Å². The second-order valence-electron chi connectivity index (χ2n) is 3.03. The Morgan fingerprint density at radius 3 is 2.71 bits per heavy atom. The van der Waals surface area contributed by atoms with Crippen molar-refractivity contribution in [2.75, 3.05) is 7.11 Å². The maximum atomic E-state index is 10.9. The van der Waals surface area contributed by atoms with Crippen molar-refractivity contribution in [1.29, 1.82) is 0 Å². The quantitative estimate of drug-likeness (QED) is 0.798. The van der Waals surface area contributed by atoms with Gasteiger partial charge in [0.15, 0.2) is 0 Å². The molecule has 0 aliphatic heterocycles. The number of carbonyl (C=O) groups is 1. The zero-order chi connectivity index (χ0) is 10.6. The van der Waals surface area contributed by atoms with Crippen molar-refractivity contribution in [2.45, 2.75) is 20.0 Å². The number of hydrogen-bond acceptors (Lipinski definition) is 2. The van der Waals surface area contributed by atoms with Crippen LogP contribution in [-0.2, 0) is 17.8 Å². The van der Waals surface area contributed by atoms with Crippen LogP contribution in [0.2, 0.25) is 0 Å². The van der Waals surface area contributed by atoms with Gasteiger partial charge in [0, 0.05) is 7.11 Å². The zero-order valence-electron chi connectivity index (χ0n) is 8.41. The molecule has 0 aliphatic carbocycles. The van der Waals surface area contributed by atoms with Crippen LogP contribution in [0.4, 0.5) is 0 Å². The number of carboxylic acid groups (broad SMARTS) is 1. The summed E-state index contributed by atoms with van der Waals surface area (Å²) in [5.74, 6) is -0.896. The van der Waals surface area contributed by atoms with Crippen LogP contribution in [-0.4, -0.2) is 18.2 Å². The molecule has 1 rings (SSSR count). The van der Waals surface area contributed by atoms with Gasteiger partial charge in [0.2, 0.25) is 0 Å². The average Bonchev–Trinajstić information content (AvgIpc) is 2.18. The van der Waals surface area contributed by atoms with E-state index in [1.54, 1.807) is 19.2 Å². The summed E-state index contributed by atoms with van der Waals surface area (Å²) in [6.45, 7) is 2.35. The first-order chi connectivity index (χ1) is 6.70. The molecule has 0 unspecified atom stereocenters. The van der Waals surface area contributed by atoms with Gasteiger partial charge >= 0.3 is 5.97 Å². The predicted molar refractivity (Wildman–Crippen MR) is 53.5 cm³/mol. The summed E-state index contributed by atoms with van der Waals surface area (Å²) in [5.41, 5.74) is 2.16. The first-order valence-electron chi connectivity index (χ1n) is 4.53. The lowest BCUT2D eigenvalue weighted by atomic mass is 10.00. The molecule has 0 amide bonds. The zero-order valence-corrected chi connectivity index (χ0v) is 8.41. The maximum absolute atomic E-state index is 10.9. The van der Waals surface area contributed by atoms with Gasteiger partial charge in [-0.3, -0.25) is 0 Å². The standard InChI is InChI=1S/C11H14O3/c1-3-8-5-4-6-9(11(12)13)10(8)7-14-2/h4-6H,3,7H2,1-2H3,(H,12,13). The molecule has 3 heteroatoms. The van der Waals surface area contributed by atoms with Crippen LogP contribution in [0.3, 0.4) is 0 Å². The minimum atomic E-state index is -0.896. The fourth-order valence-corrected chi connectivity index (χ4v) is 1.48. The normalized spacial score (nSPS) is 10.1. The van der Waals surface area contributed by atoms with E-state index in [9.17, 15) is 4.79 Å². The van der Waals surface area contributed by atoms with Crippen LogP contribution >= 0.6 is 0 Å². The summed E-state index contributed by atoms with van der Waals surface area (Å²) in [6.07, 6.45) is 0.819. The summed E-state index contributed by atoms with van der Waals surface area (Å²) in [7, 11) is 1.57. The highest BCUT2D eigenvalue weighted by atomic mass is 16.5. The fourth-order valence-electron chi connectivity index (χ4n) is 1.48. The Labute approximate surface area is 83.3 Å². The fraction of sp³-hybridized carbons (Fsp3) is 0.364. The first-order valence-corrected chi connectivity index (χ1v) is 4.53. The number of aromatic carboxylic acids is 1. The number of methoxy groups -OCH3 is 1. The Morgan fingerprint density at radius 2 is 2.21 bits per heavy atom. The summed E-state index contributed by atoms with van der Waals surface area (Å²) in [6, 6.07) is 5.30. The summed E-state index contributed by atoms with van der Waals surface area (Å²) >= 11 is 0. The van der Waals surface area contributed by atoms with Gasteiger partial charge in [-0.1, -0.05) is 19.1 Å². The Morgan fingerprint density at radius 1 is 1.50 bits per heavy atom. The van der Waals surface area contributed by atoms with Gasteiger partial charge in [-0.15, -0.1) is 0 Å². The monoisotopic (exact) mass is 194 g/mol. The van der Waals surface area contributed by atoms with Crippen LogP contribution in [0.15, 0.2) is 18.2 Å². The third kappa shape index (κ3) is 2.12. The first kappa shape index (κ1) is 10.7. The minimum Gasteiger partial charge on any atom is -0.478 e. The van der Waals surface area contributed by atoms with Crippen LogP contribution in [0, 0.1) is 0 Å². The molecule has 0 radical (unpaired) electrons. The van der Waals surface area contributed by atoms with Gasteiger partial charge in [-0.05, 0) is 23.6 Å². The van der Waals surface area contributed by atoms with Gasteiger partial charge in [-0.25, -0.2) is 4.79 Å². The molecule has 1 N–H and O–H groups in total. The summed E-state index contributed by atoms with van der Waals surface area (Å²) in [5, 5.41) is 8.96. The topological polar surface area (TPSA) is 46.5 Å². The van der Waals surface area contributed by atoms with Crippen molar-refractivity contribution >= 4 is 5.97 Å². The molecular weight excluding hydrogens is 180 g/mol. The molecule has 0 saturated heterocycles. The minimum absolute atomic E-state index is 0.339. The summed E-state index contributed by atoms with van der Waals surface area (Å²) in [4.78, 5) is 10.9. The second-order valence-corrected chi connectivity index (χ2v) is 3.03. The van der Waals surface area contributed by atoms with E-state index in [0.717, 1.165) is 17.5 Å². The number of benzene rings is 1. The Kier molecular flexibility index (Phi) is 3.65. The largest absolute Gasteiger partial charge is 0.478 e. The number of carboxylic acids is 1. The molecule has 1 aromatic carbocycles. The van der Waals surface area contributed by atoms with Crippen molar-refractivity contribution in [1.82, 2.24) is 0 Å². The molecule has 0 heterocycles. The molecule has 0 aliphatic rings. The number of aryl methyl sites for hydroxylation is 1. The van der Waals surface area contributed by atoms with Crippen molar-refractivity contribution in [3.05, 3.63) is 34.9 Å². The van der Waals surface area contributed by atoms with E-state index in [-0.39, 0.29) is 0 Å². The van der Waals surface area contributed by atoms with Gasteiger partial charge < -0.3 is 9.84 Å². The molecule has 3 nitrogen and oxygen atoms in total. The van der Waals surface area contributed by atoms with Crippen molar-refractivity contribution < 1.29 is 14.6 Å².